The third-order valence-corrected chi connectivity index (χ3v) is 4.95. The molecule has 10 nitrogen and oxygen atoms in total. The first-order valence-corrected chi connectivity index (χ1v) is 9.51. The van der Waals surface area contributed by atoms with Crippen molar-refractivity contribution in [2.45, 2.75) is 6.42 Å². The molecule has 2 amide bonds. The Balaban J connectivity index is 1.61. The van der Waals surface area contributed by atoms with Crippen molar-refractivity contribution in [3.63, 3.8) is 0 Å². The fourth-order valence-electron chi connectivity index (χ4n) is 3.10. The summed E-state index contributed by atoms with van der Waals surface area (Å²) < 4.78 is 10.2. The number of nitro groups is 1. The quantitative estimate of drug-likeness (QED) is 0.392. The van der Waals surface area contributed by atoms with Crippen molar-refractivity contribution in [1.29, 1.82) is 0 Å². The molecule has 1 aliphatic heterocycles. The van der Waals surface area contributed by atoms with Crippen LogP contribution in [0.15, 0.2) is 42.5 Å². The number of methoxy groups -OCH3 is 1. The number of halogens is 1. The summed E-state index contributed by atoms with van der Waals surface area (Å²) in [7, 11) is 1.33. The summed E-state index contributed by atoms with van der Waals surface area (Å²) in [6, 6.07) is 10.4. The maximum Gasteiger partial charge on any atom is 0.311 e. The first-order chi connectivity index (χ1) is 14.8. The summed E-state index contributed by atoms with van der Waals surface area (Å²) in [5, 5.41) is 13.8. The number of anilines is 2. The van der Waals surface area contributed by atoms with Crippen molar-refractivity contribution in [2.75, 3.05) is 30.5 Å². The highest BCUT2D eigenvalue weighted by atomic mass is 35.5. The number of ether oxygens (including phenoxy) is 2. The van der Waals surface area contributed by atoms with Crippen molar-refractivity contribution in [3.8, 4) is 5.75 Å². The van der Waals surface area contributed by atoms with Gasteiger partial charge in [0.2, 0.25) is 5.91 Å². The molecule has 3 rings (SSSR count). The van der Waals surface area contributed by atoms with E-state index in [1.807, 2.05) is 0 Å². The van der Waals surface area contributed by atoms with Gasteiger partial charge in [0.15, 0.2) is 6.61 Å². The molecule has 0 saturated carbocycles. The summed E-state index contributed by atoms with van der Waals surface area (Å²) >= 11 is 5.96. The molecule has 0 spiro atoms. The van der Waals surface area contributed by atoms with Gasteiger partial charge in [-0.15, -0.1) is 0 Å². The topological polar surface area (TPSA) is 128 Å². The van der Waals surface area contributed by atoms with Gasteiger partial charge in [0.1, 0.15) is 5.75 Å². The van der Waals surface area contributed by atoms with Gasteiger partial charge in [-0.3, -0.25) is 24.5 Å². The molecule has 11 heteroatoms. The molecule has 1 atom stereocenters. The number of nitrogens with zero attached hydrogens (tertiary/aromatic N) is 2. The Bertz CT molecular complexity index is 1040. The van der Waals surface area contributed by atoms with E-state index in [1.165, 1.54) is 30.2 Å². The highest BCUT2D eigenvalue weighted by molar-refractivity contribution is 6.33. The van der Waals surface area contributed by atoms with Crippen molar-refractivity contribution >= 4 is 46.4 Å². The number of carbonyl (C=O) groups excluding carboxylic acids is 3. The lowest BCUT2D eigenvalue weighted by Crippen LogP contribution is -2.28. The smallest absolute Gasteiger partial charge is 0.311 e. The minimum absolute atomic E-state index is 0.00201. The second-order valence-electron chi connectivity index (χ2n) is 6.65. The number of non-ortho nitro benzene ring substituents is 1. The number of nitrogens with one attached hydrogen (secondary N) is 1. The summed E-state index contributed by atoms with van der Waals surface area (Å²) in [5.74, 6) is -2.29. The molecule has 1 fully saturated rings. The maximum atomic E-state index is 12.4. The minimum Gasteiger partial charge on any atom is -0.494 e. The highest BCUT2D eigenvalue weighted by Gasteiger charge is 2.37. The van der Waals surface area contributed by atoms with Crippen molar-refractivity contribution in [2.24, 2.45) is 5.92 Å². The van der Waals surface area contributed by atoms with Gasteiger partial charge >= 0.3 is 5.97 Å². The number of benzene rings is 2. The molecule has 0 radical (unpaired) electrons. The van der Waals surface area contributed by atoms with Crippen LogP contribution in [0.4, 0.5) is 17.1 Å². The molecule has 1 saturated heterocycles. The highest BCUT2D eigenvalue weighted by Crippen LogP contribution is 2.36. The van der Waals surface area contributed by atoms with Gasteiger partial charge in [-0.2, -0.15) is 0 Å². The Morgan fingerprint density at radius 1 is 1.29 bits per heavy atom. The van der Waals surface area contributed by atoms with Gasteiger partial charge in [-0.05, 0) is 18.2 Å². The molecular formula is C20H18ClN3O7. The summed E-state index contributed by atoms with van der Waals surface area (Å²) in [6.07, 6.45) is -0.120. The van der Waals surface area contributed by atoms with E-state index in [1.54, 1.807) is 24.3 Å². The van der Waals surface area contributed by atoms with Crippen LogP contribution in [0.3, 0.4) is 0 Å². The lowest BCUT2D eigenvalue weighted by molar-refractivity contribution is -0.384. The Hall–Kier alpha value is -3.66. The van der Waals surface area contributed by atoms with Crippen molar-refractivity contribution in [1.82, 2.24) is 0 Å². The lowest BCUT2D eigenvalue weighted by atomic mass is 10.1. The first-order valence-electron chi connectivity index (χ1n) is 9.14. The molecule has 1 aliphatic rings. The molecule has 31 heavy (non-hydrogen) atoms. The van der Waals surface area contributed by atoms with E-state index < -0.39 is 29.3 Å². The van der Waals surface area contributed by atoms with Crippen LogP contribution in [0.2, 0.25) is 5.02 Å². The number of rotatable bonds is 7. The second kappa shape index (κ2) is 9.43. The Kier molecular flexibility index (Phi) is 6.71. The third kappa shape index (κ3) is 5.10. The van der Waals surface area contributed by atoms with E-state index in [0.29, 0.717) is 16.4 Å². The van der Waals surface area contributed by atoms with Crippen LogP contribution in [-0.2, 0) is 19.1 Å². The van der Waals surface area contributed by atoms with Gasteiger partial charge in [0.25, 0.3) is 11.6 Å². The number of carbonyl (C=O) groups is 3. The average molecular weight is 448 g/mol. The SMILES string of the molecule is COc1cc([N+](=O)[O-])ccc1N1C[C@@H](C(=O)OCC(=O)Nc2ccccc2Cl)CC1=O. The monoisotopic (exact) mass is 447 g/mol. The summed E-state index contributed by atoms with van der Waals surface area (Å²) in [6.45, 7) is -0.534. The summed E-state index contributed by atoms with van der Waals surface area (Å²) in [4.78, 5) is 48.5. The standard InChI is InChI=1S/C20H18ClN3O7/c1-30-17-9-13(24(28)29)6-7-16(17)23-10-12(8-19(23)26)20(27)31-11-18(25)22-15-5-3-2-4-14(15)21/h2-7,9,12H,8,10-11H2,1H3,(H,22,25)/t12-/m0/s1. The molecule has 0 unspecified atom stereocenters. The Morgan fingerprint density at radius 3 is 2.71 bits per heavy atom. The average Bonchev–Trinajstić information content (AvgIpc) is 3.14. The number of para-hydroxylation sites is 1. The van der Waals surface area contributed by atoms with Gasteiger partial charge < -0.3 is 19.7 Å². The predicted octanol–water partition coefficient (Wildman–Crippen LogP) is 2.79. The maximum absolute atomic E-state index is 12.4. The van der Waals surface area contributed by atoms with Crippen LogP contribution in [-0.4, -0.2) is 43.0 Å². The molecule has 0 bridgehead atoms. The van der Waals surface area contributed by atoms with E-state index in [-0.39, 0.29) is 30.3 Å². The van der Waals surface area contributed by atoms with E-state index in [2.05, 4.69) is 5.32 Å². The molecule has 1 heterocycles. The van der Waals surface area contributed by atoms with Crippen molar-refractivity contribution in [3.05, 3.63) is 57.6 Å². The van der Waals surface area contributed by atoms with E-state index in [4.69, 9.17) is 21.1 Å². The number of hydrogen-bond donors (Lipinski definition) is 1. The van der Waals surface area contributed by atoms with Gasteiger partial charge in [0.05, 0.1) is 40.4 Å². The fraction of sp³-hybridized carbons (Fsp3) is 0.250. The molecular weight excluding hydrogens is 430 g/mol. The number of amides is 2. The van der Waals surface area contributed by atoms with E-state index in [0.717, 1.165) is 0 Å². The Labute approximate surface area is 181 Å². The number of esters is 1. The molecule has 2 aromatic rings. The molecule has 162 valence electrons. The minimum atomic E-state index is -0.791. The third-order valence-electron chi connectivity index (χ3n) is 4.62. The van der Waals surface area contributed by atoms with Crippen LogP contribution >= 0.6 is 11.6 Å². The Morgan fingerprint density at radius 2 is 2.03 bits per heavy atom. The molecule has 0 aromatic heterocycles. The van der Waals surface area contributed by atoms with Crippen LogP contribution in [0, 0.1) is 16.0 Å². The van der Waals surface area contributed by atoms with Crippen LogP contribution in [0.1, 0.15) is 6.42 Å². The zero-order chi connectivity index (χ0) is 22.5. The van der Waals surface area contributed by atoms with E-state index in [9.17, 15) is 24.5 Å². The largest absolute Gasteiger partial charge is 0.494 e. The van der Waals surface area contributed by atoms with Gasteiger partial charge in [-0.1, -0.05) is 23.7 Å². The van der Waals surface area contributed by atoms with Crippen molar-refractivity contribution < 1.29 is 28.8 Å². The molecule has 1 N–H and O–H groups in total. The number of nitro benzene ring substituents is 1. The van der Waals surface area contributed by atoms with Gasteiger partial charge in [-0.25, -0.2) is 0 Å². The zero-order valence-electron chi connectivity index (χ0n) is 16.4. The van der Waals surface area contributed by atoms with E-state index >= 15 is 0 Å². The second-order valence-corrected chi connectivity index (χ2v) is 7.06. The normalized spacial score (nSPS) is 15.5. The number of hydrogen-bond acceptors (Lipinski definition) is 7. The fourth-order valence-corrected chi connectivity index (χ4v) is 3.29. The lowest BCUT2D eigenvalue weighted by Gasteiger charge is -2.19. The molecule has 0 aliphatic carbocycles. The van der Waals surface area contributed by atoms with Crippen LogP contribution in [0.25, 0.3) is 0 Å². The van der Waals surface area contributed by atoms with Gasteiger partial charge in [0, 0.05) is 19.0 Å². The van der Waals surface area contributed by atoms with Crippen LogP contribution < -0.4 is 15.0 Å². The van der Waals surface area contributed by atoms with Crippen LogP contribution in [0.5, 0.6) is 5.75 Å². The summed E-state index contributed by atoms with van der Waals surface area (Å²) in [5.41, 5.74) is 0.510. The molecule has 2 aromatic carbocycles. The zero-order valence-corrected chi connectivity index (χ0v) is 17.1. The first kappa shape index (κ1) is 22.0. The predicted molar refractivity (Wildman–Crippen MR) is 111 cm³/mol.